The molecule has 0 radical (unpaired) electrons. The number of anilines is 1. The van der Waals surface area contributed by atoms with E-state index in [1.165, 1.54) is 0 Å². The van der Waals surface area contributed by atoms with Crippen molar-refractivity contribution in [3.63, 3.8) is 0 Å². The number of nitrogens with one attached hydrogen (secondary N) is 2. The maximum Gasteiger partial charge on any atom is 0.431 e. The summed E-state index contributed by atoms with van der Waals surface area (Å²) >= 11 is 0. The van der Waals surface area contributed by atoms with Gasteiger partial charge in [-0.1, -0.05) is 30.3 Å². The number of benzene rings is 2. The lowest BCUT2D eigenvalue weighted by molar-refractivity contribution is -0.122. The summed E-state index contributed by atoms with van der Waals surface area (Å²) in [4.78, 5) is 28.0. The lowest BCUT2D eigenvalue weighted by Gasteiger charge is -2.09. The molecule has 0 atom stereocenters. The van der Waals surface area contributed by atoms with Crippen LogP contribution in [0.25, 0.3) is 0 Å². The third-order valence-electron chi connectivity index (χ3n) is 3.02. The quantitative estimate of drug-likeness (QED) is 0.719. The monoisotopic (exact) mass is 344 g/mol. The van der Waals surface area contributed by atoms with Crippen molar-refractivity contribution in [2.75, 3.05) is 18.5 Å². The maximum atomic E-state index is 11.7. The van der Waals surface area contributed by atoms with Gasteiger partial charge in [0.05, 0.1) is 6.61 Å². The topological polar surface area (TPSA) is 85.9 Å². The molecule has 7 nitrogen and oxygen atoms in total. The molecular weight excluding hydrogens is 324 g/mol. The Kier molecular flexibility index (Phi) is 7.27. The van der Waals surface area contributed by atoms with Crippen LogP contribution in [0.15, 0.2) is 54.6 Å². The number of hydrogen-bond acceptors (Lipinski definition) is 5. The predicted octanol–water partition coefficient (Wildman–Crippen LogP) is 2.88. The molecule has 2 amide bonds. The fourth-order valence-electron chi connectivity index (χ4n) is 1.91. The molecule has 0 aromatic heterocycles. The molecule has 2 aromatic carbocycles. The van der Waals surface area contributed by atoms with Gasteiger partial charge in [0.25, 0.3) is 5.91 Å². The van der Waals surface area contributed by atoms with E-state index >= 15 is 0 Å². The second-order valence-corrected chi connectivity index (χ2v) is 4.96. The molecule has 0 aliphatic carbocycles. The van der Waals surface area contributed by atoms with E-state index < -0.39 is 12.0 Å². The van der Waals surface area contributed by atoms with Crippen molar-refractivity contribution >= 4 is 17.7 Å². The van der Waals surface area contributed by atoms with Crippen molar-refractivity contribution in [1.29, 1.82) is 0 Å². The number of carbonyl (C=O) groups is 2. The van der Waals surface area contributed by atoms with E-state index in [1.807, 2.05) is 37.3 Å². The summed E-state index contributed by atoms with van der Waals surface area (Å²) in [5.41, 5.74) is 3.51. The fraction of sp³-hybridized carbons (Fsp3) is 0.222. The van der Waals surface area contributed by atoms with Crippen LogP contribution in [0.5, 0.6) is 5.75 Å². The molecule has 2 rings (SSSR count). The van der Waals surface area contributed by atoms with Gasteiger partial charge in [0.2, 0.25) is 0 Å². The number of hydroxylamine groups is 1. The normalized spacial score (nSPS) is 9.96. The summed E-state index contributed by atoms with van der Waals surface area (Å²) in [5.74, 6) is 0.312. The molecule has 7 heteroatoms. The van der Waals surface area contributed by atoms with Crippen molar-refractivity contribution in [2.24, 2.45) is 0 Å². The van der Waals surface area contributed by atoms with E-state index in [0.29, 0.717) is 12.3 Å². The highest BCUT2D eigenvalue weighted by Gasteiger charge is 2.06. The van der Waals surface area contributed by atoms with E-state index in [4.69, 9.17) is 14.3 Å². The van der Waals surface area contributed by atoms with E-state index in [0.717, 1.165) is 11.3 Å². The highest BCUT2D eigenvalue weighted by atomic mass is 16.7. The SMILES string of the molecule is CCOc1ccc(NC(=O)CONC(=O)OCc2ccccc2)cc1. The third kappa shape index (κ3) is 6.92. The number of rotatable bonds is 8. The van der Waals surface area contributed by atoms with E-state index in [-0.39, 0.29) is 13.2 Å². The first-order chi connectivity index (χ1) is 12.2. The minimum absolute atomic E-state index is 0.119. The van der Waals surface area contributed by atoms with Gasteiger partial charge >= 0.3 is 6.09 Å². The Bertz CT molecular complexity index is 674. The summed E-state index contributed by atoms with van der Waals surface area (Å²) in [7, 11) is 0. The number of amides is 2. The molecule has 0 unspecified atom stereocenters. The van der Waals surface area contributed by atoms with Crippen LogP contribution < -0.4 is 15.5 Å². The highest BCUT2D eigenvalue weighted by Crippen LogP contribution is 2.15. The Hall–Kier alpha value is -3.06. The first-order valence-electron chi connectivity index (χ1n) is 7.78. The summed E-state index contributed by atoms with van der Waals surface area (Å²) in [6, 6.07) is 16.1. The Balaban J connectivity index is 1.63. The van der Waals surface area contributed by atoms with Gasteiger partial charge in [-0.3, -0.25) is 9.63 Å². The van der Waals surface area contributed by atoms with Crippen molar-refractivity contribution in [3.8, 4) is 5.75 Å². The first-order valence-corrected chi connectivity index (χ1v) is 7.78. The van der Waals surface area contributed by atoms with E-state index in [9.17, 15) is 9.59 Å². The van der Waals surface area contributed by atoms with Crippen molar-refractivity contribution in [3.05, 3.63) is 60.2 Å². The summed E-state index contributed by atoms with van der Waals surface area (Å²) in [6.07, 6.45) is -0.766. The smallest absolute Gasteiger partial charge is 0.431 e. The van der Waals surface area contributed by atoms with Gasteiger partial charge in [0.15, 0.2) is 6.61 Å². The van der Waals surface area contributed by atoms with Crippen LogP contribution in [0.4, 0.5) is 10.5 Å². The van der Waals surface area contributed by atoms with Crippen LogP contribution in [-0.4, -0.2) is 25.2 Å². The molecule has 132 valence electrons. The largest absolute Gasteiger partial charge is 0.494 e. The number of ether oxygens (including phenoxy) is 2. The lowest BCUT2D eigenvalue weighted by Crippen LogP contribution is -2.29. The second-order valence-electron chi connectivity index (χ2n) is 4.96. The second kappa shape index (κ2) is 9.94. The van der Waals surface area contributed by atoms with Crippen molar-refractivity contribution in [1.82, 2.24) is 5.48 Å². The average Bonchev–Trinajstić information content (AvgIpc) is 2.63. The van der Waals surface area contributed by atoms with Crippen LogP contribution in [-0.2, 0) is 21.0 Å². The van der Waals surface area contributed by atoms with Crippen LogP contribution in [0.1, 0.15) is 12.5 Å². The molecular formula is C18H20N2O5. The molecule has 0 bridgehead atoms. The average molecular weight is 344 g/mol. The van der Waals surface area contributed by atoms with E-state index in [1.54, 1.807) is 24.3 Å². The molecule has 25 heavy (non-hydrogen) atoms. The standard InChI is InChI=1S/C18H20N2O5/c1-2-23-16-10-8-15(9-11-16)19-17(21)13-25-20-18(22)24-12-14-6-4-3-5-7-14/h3-11H,2,12-13H2,1H3,(H,19,21)(H,20,22). The molecule has 0 saturated heterocycles. The van der Waals surface area contributed by atoms with Crippen LogP contribution in [0.2, 0.25) is 0 Å². The zero-order valence-corrected chi connectivity index (χ0v) is 13.9. The van der Waals surface area contributed by atoms with Gasteiger partial charge < -0.3 is 14.8 Å². The number of hydrogen-bond donors (Lipinski definition) is 2. The Morgan fingerprint density at radius 2 is 1.72 bits per heavy atom. The molecule has 0 heterocycles. The van der Waals surface area contributed by atoms with Gasteiger partial charge in [0.1, 0.15) is 12.4 Å². The van der Waals surface area contributed by atoms with Gasteiger partial charge in [-0.05, 0) is 36.8 Å². The zero-order valence-electron chi connectivity index (χ0n) is 13.9. The minimum atomic E-state index is -0.766. The Labute approximate surface area is 145 Å². The Morgan fingerprint density at radius 1 is 1.00 bits per heavy atom. The summed E-state index contributed by atoms with van der Waals surface area (Å²) in [5, 5.41) is 2.63. The third-order valence-corrected chi connectivity index (χ3v) is 3.02. The van der Waals surface area contributed by atoms with Crippen molar-refractivity contribution in [2.45, 2.75) is 13.5 Å². The summed E-state index contributed by atoms with van der Waals surface area (Å²) in [6.45, 7) is 2.25. The van der Waals surface area contributed by atoms with E-state index in [2.05, 4.69) is 10.8 Å². The molecule has 2 N–H and O–H groups in total. The number of carbonyl (C=O) groups excluding carboxylic acids is 2. The van der Waals surface area contributed by atoms with Crippen LogP contribution in [0, 0.1) is 0 Å². The predicted molar refractivity (Wildman–Crippen MR) is 92.0 cm³/mol. The molecule has 0 saturated carbocycles. The van der Waals surface area contributed by atoms with Crippen LogP contribution in [0.3, 0.4) is 0 Å². The molecule has 0 aliphatic rings. The summed E-state index contributed by atoms with van der Waals surface area (Å²) < 4.78 is 10.3. The maximum absolute atomic E-state index is 11.7. The van der Waals surface area contributed by atoms with Gasteiger partial charge in [0, 0.05) is 5.69 Å². The first kappa shape index (κ1) is 18.3. The van der Waals surface area contributed by atoms with Crippen molar-refractivity contribution < 1.29 is 23.9 Å². The molecule has 0 spiro atoms. The highest BCUT2D eigenvalue weighted by molar-refractivity contribution is 5.91. The zero-order chi connectivity index (χ0) is 17.9. The van der Waals surface area contributed by atoms with Gasteiger partial charge in [-0.25, -0.2) is 4.79 Å². The van der Waals surface area contributed by atoms with Crippen LogP contribution >= 0.6 is 0 Å². The lowest BCUT2D eigenvalue weighted by atomic mass is 10.2. The van der Waals surface area contributed by atoms with Gasteiger partial charge in [-0.15, -0.1) is 0 Å². The van der Waals surface area contributed by atoms with Gasteiger partial charge in [-0.2, -0.15) is 5.48 Å². The molecule has 2 aromatic rings. The molecule has 0 fully saturated rings. The molecule has 0 aliphatic heterocycles. The fourth-order valence-corrected chi connectivity index (χ4v) is 1.91. The Morgan fingerprint density at radius 3 is 2.40 bits per heavy atom. The minimum Gasteiger partial charge on any atom is -0.494 e.